The highest BCUT2D eigenvalue weighted by molar-refractivity contribution is 8.76. The molecular weight excluding hydrogens is 806 g/mol. The third-order valence-corrected chi connectivity index (χ3v) is 12.0. The minimum Gasteiger partial charge on any atom is -0.756 e. The quantitative estimate of drug-likeness (QED) is 0.0347. The number of benzene rings is 1. The molecule has 1 aromatic heterocycles. The highest BCUT2D eigenvalue weighted by atomic mass is 33.1. The number of rotatable bonds is 16. The number of phosphoric acid groups is 2. The van der Waals surface area contributed by atoms with E-state index >= 15 is 0 Å². The molecule has 2 aliphatic rings. The molecular formula is C24H29N4O21P2S2-. The Morgan fingerprint density at radius 3 is 2.36 bits per heavy atom. The van der Waals surface area contributed by atoms with Crippen LogP contribution in [0, 0.1) is 10.1 Å². The number of aromatic amines is 1. The predicted molar refractivity (Wildman–Crippen MR) is 171 cm³/mol. The number of amides is 1. The van der Waals surface area contributed by atoms with E-state index in [1.807, 2.05) is 4.98 Å². The van der Waals surface area contributed by atoms with Crippen molar-refractivity contribution in [2.24, 2.45) is 0 Å². The van der Waals surface area contributed by atoms with Crippen molar-refractivity contribution >= 4 is 54.8 Å². The molecule has 11 unspecified atom stereocenters. The lowest BCUT2D eigenvalue weighted by Gasteiger charge is -2.42. The smallest absolute Gasteiger partial charge is 0.481 e. The lowest BCUT2D eigenvalue weighted by Crippen LogP contribution is -2.64. The molecule has 2 aromatic rings. The van der Waals surface area contributed by atoms with Crippen LogP contribution in [-0.4, -0.2) is 130 Å². The van der Waals surface area contributed by atoms with E-state index in [1.165, 1.54) is 6.07 Å². The number of aliphatic hydroxyl groups excluding tert-OH is 5. The van der Waals surface area contributed by atoms with Gasteiger partial charge in [-0.25, -0.2) is 18.5 Å². The predicted octanol–water partition coefficient (Wildman–Crippen LogP) is -3.25. The van der Waals surface area contributed by atoms with E-state index in [1.54, 1.807) is 0 Å². The fourth-order valence-corrected chi connectivity index (χ4v) is 8.81. The molecule has 0 aliphatic carbocycles. The van der Waals surface area contributed by atoms with Crippen LogP contribution in [0.2, 0.25) is 0 Å². The summed E-state index contributed by atoms with van der Waals surface area (Å²) in [5.41, 5.74) is -3.15. The number of carboxylic acids is 1. The van der Waals surface area contributed by atoms with Gasteiger partial charge in [0, 0.05) is 23.2 Å². The molecule has 294 valence electrons. The van der Waals surface area contributed by atoms with E-state index in [0.717, 1.165) is 46.0 Å². The second-order valence-electron chi connectivity index (χ2n) is 10.8. The number of nitro groups is 1. The summed E-state index contributed by atoms with van der Waals surface area (Å²) in [4.78, 5) is 82.4. The summed E-state index contributed by atoms with van der Waals surface area (Å²) < 4.78 is 49.7. The molecule has 25 nitrogen and oxygen atoms in total. The third-order valence-electron chi connectivity index (χ3n) is 7.25. The van der Waals surface area contributed by atoms with Crippen molar-refractivity contribution in [2.75, 3.05) is 19.0 Å². The first-order valence-corrected chi connectivity index (χ1v) is 19.7. The van der Waals surface area contributed by atoms with Gasteiger partial charge in [0.25, 0.3) is 19.1 Å². The van der Waals surface area contributed by atoms with Crippen LogP contribution in [0.3, 0.4) is 0 Å². The molecule has 2 saturated heterocycles. The molecule has 3 heterocycles. The van der Waals surface area contributed by atoms with Gasteiger partial charge < -0.3 is 59.7 Å². The van der Waals surface area contributed by atoms with E-state index in [0.29, 0.717) is 4.57 Å². The average molecular weight is 836 g/mol. The van der Waals surface area contributed by atoms with E-state index in [4.69, 9.17) is 14.0 Å². The second-order valence-corrected chi connectivity index (χ2v) is 16.2. The van der Waals surface area contributed by atoms with Gasteiger partial charge in [-0.05, 0) is 12.1 Å². The van der Waals surface area contributed by atoms with Gasteiger partial charge in [0.05, 0.1) is 23.9 Å². The number of nitrogens with zero attached hydrogens (tertiary/aromatic N) is 2. The Morgan fingerprint density at radius 1 is 1.06 bits per heavy atom. The molecule has 2 fully saturated rings. The van der Waals surface area contributed by atoms with Crippen LogP contribution >= 0.6 is 37.2 Å². The molecule has 1 aromatic carbocycles. The fraction of sp³-hybridized carbons (Fsp3) is 0.500. The van der Waals surface area contributed by atoms with Crippen molar-refractivity contribution in [3.63, 3.8) is 0 Å². The molecule has 9 N–H and O–H groups in total. The first-order valence-electron chi connectivity index (χ1n) is 14.5. The average Bonchev–Trinajstić information content (AvgIpc) is 3.35. The zero-order chi connectivity index (χ0) is 39.4. The number of H-pyrrole nitrogens is 1. The number of phosphoric ester groups is 2. The Morgan fingerprint density at radius 2 is 1.74 bits per heavy atom. The highest BCUT2D eigenvalue weighted by Gasteiger charge is 2.49. The Hall–Kier alpha value is -3.08. The molecule has 29 heteroatoms. The van der Waals surface area contributed by atoms with Gasteiger partial charge in [-0.1, -0.05) is 21.6 Å². The minimum atomic E-state index is -5.91. The highest BCUT2D eigenvalue weighted by Crippen LogP contribution is 2.59. The lowest BCUT2D eigenvalue weighted by atomic mass is 9.97. The van der Waals surface area contributed by atoms with Crippen LogP contribution in [0.1, 0.15) is 16.6 Å². The zero-order valence-electron chi connectivity index (χ0n) is 26.2. The number of hydrogen-bond acceptors (Lipinski definition) is 21. The maximum absolute atomic E-state index is 12.8. The summed E-state index contributed by atoms with van der Waals surface area (Å²) in [5, 5.41) is 73.5. The monoisotopic (exact) mass is 835 g/mol. The molecule has 53 heavy (non-hydrogen) atoms. The first-order chi connectivity index (χ1) is 24.7. The Bertz CT molecular complexity index is 1900. The molecule has 2 aliphatic heterocycles. The Balaban J connectivity index is 1.38. The second kappa shape index (κ2) is 17.6. The standard InChI is InChI=1S/C24H30N4O21P2S2/c29-6-12-17(32)19(34)16(25-15(31)8-52-53-9-1-2-11(28(39)40)10(5-9)22(36)37)23(47-12)48-51(43,44)49-50(41,42)45-7-13-18(33)20(35)21(46-13)27-4-3-14(30)26-24(27)38/h1-5,12-13,16-21,23,29,32-35H,6-8H2,(H,25,31)(H,36,37)(H,41,42)(H,43,44)(H,26,30,38)/p-1. The molecule has 0 spiro atoms. The molecule has 0 saturated carbocycles. The molecule has 0 bridgehead atoms. The van der Waals surface area contributed by atoms with E-state index < -0.39 is 129 Å². The van der Waals surface area contributed by atoms with Gasteiger partial charge in [0.1, 0.15) is 48.2 Å². The van der Waals surface area contributed by atoms with Gasteiger partial charge in [0.15, 0.2) is 12.5 Å². The summed E-state index contributed by atoms with van der Waals surface area (Å²) in [6, 6.07) is 2.10. The van der Waals surface area contributed by atoms with Crippen molar-refractivity contribution < 1.29 is 86.9 Å². The number of nitrogens with one attached hydrogen (secondary N) is 2. The van der Waals surface area contributed by atoms with Gasteiger partial charge in [-0.15, -0.1) is 0 Å². The number of carbonyl (C=O) groups is 2. The van der Waals surface area contributed by atoms with Crippen molar-refractivity contribution in [1.29, 1.82) is 0 Å². The summed E-state index contributed by atoms with van der Waals surface area (Å²) >= 11 is 0. The summed E-state index contributed by atoms with van der Waals surface area (Å²) in [6.07, 6.45) is -14.2. The van der Waals surface area contributed by atoms with E-state index in [9.17, 15) is 78.8 Å². The maximum atomic E-state index is 12.8. The van der Waals surface area contributed by atoms with Gasteiger partial charge >= 0.3 is 19.5 Å². The van der Waals surface area contributed by atoms with Gasteiger partial charge in [0.2, 0.25) is 5.91 Å². The van der Waals surface area contributed by atoms with Crippen LogP contribution in [0.25, 0.3) is 0 Å². The minimum absolute atomic E-state index is 0.186. The number of nitro benzene ring substituents is 1. The van der Waals surface area contributed by atoms with Crippen LogP contribution in [0.4, 0.5) is 5.69 Å². The number of carbonyl (C=O) groups excluding carboxylic acids is 1. The Labute approximate surface area is 302 Å². The maximum Gasteiger partial charge on any atom is 0.481 e. The van der Waals surface area contributed by atoms with Crippen molar-refractivity contribution in [1.82, 2.24) is 14.9 Å². The Kier molecular flexibility index (Phi) is 14.2. The number of ether oxygens (including phenoxy) is 2. The topological polar surface area (TPSA) is 389 Å². The number of hydrogen-bond donors (Lipinski definition) is 9. The lowest BCUT2D eigenvalue weighted by molar-refractivity contribution is -0.385. The van der Waals surface area contributed by atoms with Crippen LogP contribution in [-0.2, 0) is 36.8 Å². The normalized spacial score (nSPS) is 29.5. The van der Waals surface area contributed by atoms with Crippen LogP contribution in [0.15, 0.2) is 44.9 Å². The van der Waals surface area contributed by atoms with Crippen LogP contribution in [0.5, 0.6) is 0 Å². The summed E-state index contributed by atoms with van der Waals surface area (Å²) in [6.45, 7) is -2.18. The van der Waals surface area contributed by atoms with Gasteiger partial charge in [-0.3, -0.25) is 38.3 Å². The van der Waals surface area contributed by atoms with E-state index in [-0.39, 0.29) is 4.90 Å². The van der Waals surface area contributed by atoms with Crippen molar-refractivity contribution in [3.05, 3.63) is 67.0 Å². The van der Waals surface area contributed by atoms with E-state index in [2.05, 4.69) is 14.2 Å². The van der Waals surface area contributed by atoms with Crippen molar-refractivity contribution in [2.45, 2.75) is 60.1 Å². The molecule has 4 rings (SSSR count). The third kappa shape index (κ3) is 10.8. The number of carboxylic acid groups (broad SMARTS) is 1. The first kappa shape index (κ1) is 42.7. The number of aromatic carboxylic acids is 1. The molecule has 1 amide bonds. The zero-order valence-corrected chi connectivity index (χ0v) is 29.6. The molecule has 11 atom stereocenters. The van der Waals surface area contributed by atoms with Crippen molar-refractivity contribution in [3.8, 4) is 0 Å². The largest absolute Gasteiger partial charge is 0.756 e. The SMILES string of the molecule is O=C(CSSc1ccc([N+](=O)[O-])c(C(=O)O)c1)NC1C(OP(=O)(O)OP(=O)([O-])OCC2OC(n3ccc(=O)[nH]c3=O)C(O)C2O)OC(CO)C(O)C1O. The molecule has 0 radical (unpaired) electrons. The van der Waals surface area contributed by atoms with Crippen LogP contribution < -0.4 is 21.5 Å². The summed E-state index contributed by atoms with van der Waals surface area (Å²) in [5.74, 6) is -3.05. The number of aliphatic hydroxyl groups is 5. The summed E-state index contributed by atoms with van der Waals surface area (Å²) in [7, 11) is -10.2. The van der Waals surface area contributed by atoms with Gasteiger partial charge in [-0.2, -0.15) is 0 Å². The number of aromatic nitrogens is 2. The fourth-order valence-electron chi connectivity index (χ4n) is 4.79.